The van der Waals surface area contributed by atoms with Crippen molar-refractivity contribution in [2.45, 2.75) is 39.5 Å². The normalized spacial score (nSPS) is 15.7. The van der Waals surface area contributed by atoms with E-state index >= 15 is 0 Å². The van der Waals surface area contributed by atoms with Gasteiger partial charge < -0.3 is 9.47 Å². The number of fused-ring (bicyclic) bond motifs is 1. The summed E-state index contributed by atoms with van der Waals surface area (Å²) in [4.78, 5) is 17.7. The monoisotopic (exact) mass is 284 g/mol. The Morgan fingerprint density at radius 1 is 1.47 bits per heavy atom. The molecule has 19 heavy (non-hydrogen) atoms. The minimum atomic E-state index is -0.523. The molecule has 0 unspecified atom stereocenters. The highest BCUT2D eigenvalue weighted by Crippen LogP contribution is 2.20. The van der Waals surface area contributed by atoms with Crippen molar-refractivity contribution in [3.8, 4) is 0 Å². The predicted octanol–water partition coefficient (Wildman–Crippen LogP) is 2.96. The summed E-state index contributed by atoms with van der Waals surface area (Å²) >= 11 is 5.84. The van der Waals surface area contributed by atoms with Gasteiger partial charge >= 0.3 is 6.09 Å². The summed E-state index contributed by atoms with van der Waals surface area (Å²) in [5, 5.41) is 0.424. The van der Waals surface area contributed by atoms with Gasteiger partial charge in [0.2, 0.25) is 0 Å². The topological polar surface area (TPSA) is 51.7 Å². The fourth-order valence-corrected chi connectivity index (χ4v) is 1.89. The molecule has 1 aromatic heterocycles. The number of carbonyl (C=O) groups excluding carboxylic acids is 1. The van der Waals surface area contributed by atoms with E-state index in [0.717, 1.165) is 11.3 Å². The highest BCUT2D eigenvalue weighted by atomic mass is 35.5. The Bertz CT molecular complexity index is 485. The average molecular weight is 285 g/mol. The molecule has 2 rings (SSSR count). The van der Waals surface area contributed by atoms with Crippen LogP contribution in [0.3, 0.4) is 0 Å². The maximum atomic E-state index is 12.0. The summed E-state index contributed by atoms with van der Waals surface area (Å²) in [7, 11) is 0. The number of amides is 1. The van der Waals surface area contributed by atoms with Gasteiger partial charge in [-0.25, -0.2) is 9.78 Å². The lowest BCUT2D eigenvalue weighted by molar-refractivity contribution is -0.0159. The third-order valence-electron chi connectivity index (χ3n) is 2.53. The zero-order chi connectivity index (χ0) is 14.0. The second-order valence-corrected chi connectivity index (χ2v) is 5.78. The van der Waals surface area contributed by atoms with E-state index in [4.69, 9.17) is 21.1 Å². The minimum Gasteiger partial charge on any atom is -0.444 e. The molecule has 0 aromatic carbocycles. The Morgan fingerprint density at radius 3 is 2.89 bits per heavy atom. The number of rotatable bonds is 0. The summed E-state index contributed by atoms with van der Waals surface area (Å²) in [6.07, 6.45) is -0.393. The number of hydrogen-bond acceptors (Lipinski definition) is 4. The quantitative estimate of drug-likeness (QED) is 0.687. The summed E-state index contributed by atoms with van der Waals surface area (Å²) in [6, 6.07) is 3.57. The summed E-state index contributed by atoms with van der Waals surface area (Å²) in [5.74, 6) is 0. The molecule has 2 heterocycles. The average Bonchev–Trinajstić information content (AvgIpc) is 2.48. The van der Waals surface area contributed by atoms with Crippen LogP contribution >= 0.6 is 11.6 Å². The number of pyridine rings is 1. The van der Waals surface area contributed by atoms with Gasteiger partial charge in [0.1, 0.15) is 17.5 Å². The van der Waals surface area contributed by atoms with E-state index < -0.39 is 11.7 Å². The van der Waals surface area contributed by atoms with E-state index in [2.05, 4.69) is 4.98 Å². The van der Waals surface area contributed by atoms with Crippen molar-refractivity contribution in [3.63, 3.8) is 0 Å². The van der Waals surface area contributed by atoms with Crippen LogP contribution in [0.15, 0.2) is 12.1 Å². The Morgan fingerprint density at radius 2 is 2.21 bits per heavy atom. The van der Waals surface area contributed by atoms with Crippen molar-refractivity contribution in [2.24, 2.45) is 0 Å². The maximum Gasteiger partial charge on any atom is 0.412 e. The first kappa shape index (κ1) is 14.1. The first-order chi connectivity index (χ1) is 8.85. The van der Waals surface area contributed by atoms with Crippen LogP contribution in [0.5, 0.6) is 0 Å². The molecule has 0 saturated carbocycles. The van der Waals surface area contributed by atoms with Gasteiger partial charge in [-0.15, -0.1) is 0 Å². The number of halogens is 1. The van der Waals surface area contributed by atoms with E-state index in [-0.39, 0.29) is 6.73 Å². The van der Waals surface area contributed by atoms with Crippen LogP contribution in [-0.4, -0.2) is 28.3 Å². The lowest BCUT2D eigenvalue weighted by atomic mass is 10.2. The number of ether oxygens (including phenoxy) is 2. The molecule has 104 valence electrons. The zero-order valence-electron chi connectivity index (χ0n) is 11.3. The molecule has 5 nitrogen and oxygen atoms in total. The Hall–Kier alpha value is -1.33. The molecule has 1 aliphatic heterocycles. The molecule has 0 spiro atoms. The van der Waals surface area contributed by atoms with Gasteiger partial charge in [0.25, 0.3) is 0 Å². The fraction of sp³-hybridized carbons (Fsp3) is 0.538. The molecule has 0 aliphatic carbocycles. The van der Waals surface area contributed by atoms with Gasteiger partial charge in [-0.2, -0.15) is 0 Å². The van der Waals surface area contributed by atoms with Crippen LogP contribution in [0, 0.1) is 0 Å². The lowest BCUT2D eigenvalue weighted by Gasteiger charge is -2.26. The second-order valence-electron chi connectivity index (χ2n) is 5.40. The molecule has 1 aliphatic rings. The first-order valence-corrected chi connectivity index (χ1v) is 6.43. The van der Waals surface area contributed by atoms with E-state index in [0.29, 0.717) is 18.3 Å². The molecule has 0 radical (unpaired) electrons. The molecule has 0 saturated heterocycles. The third kappa shape index (κ3) is 3.81. The minimum absolute atomic E-state index is 0.183. The standard InChI is InChI=1S/C13H17ClN2O3/c1-13(2,3)19-12(17)16-6-9-4-5-11(14)15-10(9)7-18-8-16/h4-5H,6-8H2,1-3H3. The van der Waals surface area contributed by atoms with Crippen LogP contribution in [0.25, 0.3) is 0 Å². The van der Waals surface area contributed by atoms with Gasteiger partial charge in [0.15, 0.2) is 0 Å². The van der Waals surface area contributed by atoms with Crippen LogP contribution in [-0.2, 0) is 22.6 Å². The SMILES string of the molecule is CC(C)(C)OC(=O)N1COCc2nc(Cl)ccc2C1. The summed E-state index contributed by atoms with van der Waals surface area (Å²) in [6.45, 7) is 6.43. The highest BCUT2D eigenvalue weighted by Gasteiger charge is 2.25. The largest absolute Gasteiger partial charge is 0.444 e. The van der Waals surface area contributed by atoms with Crippen molar-refractivity contribution >= 4 is 17.7 Å². The van der Waals surface area contributed by atoms with Crippen LogP contribution < -0.4 is 0 Å². The predicted molar refractivity (Wildman–Crippen MR) is 70.7 cm³/mol. The number of hydrogen-bond donors (Lipinski definition) is 0. The highest BCUT2D eigenvalue weighted by molar-refractivity contribution is 6.29. The summed E-state index contributed by atoms with van der Waals surface area (Å²) < 4.78 is 10.8. The van der Waals surface area contributed by atoms with Crippen molar-refractivity contribution in [3.05, 3.63) is 28.5 Å². The summed E-state index contributed by atoms with van der Waals surface area (Å²) in [5.41, 5.74) is 1.16. The van der Waals surface area contributed by atoms with Gasteiger partial charge in [-0.05, 0) is 32.4 Å². The van der Waals surface area contributed by atoms with Crippen molar-refractivity contribution in [1.82, 2.24) is 9.88 Å². The van der Waals surface area contributed by atoms with Gasteiger partial charge in [0, 0.05) is 0 Å². The van der Waals surface area contributed by atoms with E-state index in [1.54, 1.807) is 6.07 Å². The Kier molecular flexibility index (Phi) is 3.96. The smallest absolute Gasteiger partial charge is 0.412 e. The zero-order valence-corrected chi connectivity index (χ0v) is 12.0. The third-order valence-corrected chi connectivity index (χ3v) is 2.74. The van der Waals surface area contributed by atoms with E-state index in [1.807, 2.05) is 26.8 Å². The van der Waals surface area contributed by atoms with Crippen molar-refractivity contribution in [2.75, 3.05) is 6.73 Å². The number of carbonyl (C=O) groups is 1. The first-order valence-electron chi connectivity index (χ1n) is 6.05. The molecule has 0 bridgehead atoms. The van der Waals surface area contributed by atoms with Gasteiger partial charge in [-0.1, -0.05) is 17.7 Å². The number of nitrogens with zero attached hydrogens (tertiary/aromatic N) is 2. The Labute approximate surface area is 117 Å². The molecule has 1 amide bonds. The molecule has 0 N–H and O–H groups in total. The second kappa shape index (κ2) is 5.35. The van der Waals surface area contributed by atoms with Gasteiger partial charge in [0.05, 0.1) is 18.8 Å². The molecule has 0 atom stereocenters. The fourth-order valence-electron chi connectivity index (χ4n) is 1.72. The molecule has 6 heteroatoms. The Balaban J connectivity index is 2.13. The lowest BCUT2D eigenvalue weighted by Crippen LogP contribution is -2.37. The molecule has 0 fully saturated rings. The van der Waals surface area contributed by atoms with Crippen LogP contribution in [0.1, 0.15) is 32.0 Å². The van der Waals surface area contributed by atoms with Crippen molar-refractivity contribution in [1.29, 1.82) is 0 Å². The van der Waals surface area contributed by atoms with Crippen LogP contribution in [0.4, 0.5) is 4.79 Å². The van der Waals surface area contributed by atoms with E-state index in [9.17, 15) is 4.79 Å². The van der Waals surface area contributed by atoms with Crippen molar-refractivity contribution < 1.29 is 14.3 Å². The van der Waals surface area contributed by atoms with Gasteiger partial charge in [-0.3, -0.25) is 4.90 Å². The van der Waals surface area contributed by atoms with Crippen LogP contribution in [0.2, 0.25) is 5.15 Å². The van der Waals surface area contributed by atoms with E-state index in [1.165, 1.54) is 4.90 Å². The maximum absolute atomic E-state index is 12.0. The molecular formula is C13H17ClN2O3. The number of aromatic nitrogens is 1. The molecule has 1 aromatic rings. The molecular weight excluding hydrogens is 268 g/mol.